The van der Waals surface area contributed by atoms with Gasteiger partial charge in [-0.05, 0) is 24.1 Å². The first-order valence-electron chi connectivity index (χ1n) is 5.51. The van der Waals surface area contributed by atoms with Crippen LogP contribution in [0.1, 0.15) is 18.4 Å². The standard InChI is InChI=1S/C12H16N2OS.2ClH/c1-9(15)16-8-11-6-14-7-12(11)10-3-2-4-13-5-10;;/h2-5,11-12,14H,6-8H2,1H3;2*1H. The van der Waals surface area contributed by atoms with Crippen molar-refractivity contribution in [2.24, 2.45) is 5.92 Å². The number of hydrogen-bond acceptors (Lipinski definition) is 4. The van der Waals surface area contributed by atoms with E-state index in [1.165, 1.54) is 17.3 Å². The molecule has 1 aromatic rings. The average molecular weight is 309 g/mol. The summed E-state index contributed by atoms with van der Waals surface area (Å²) < 4.78 is 0. The fourth-order valence-electron chi connectivity index (χ4n) is 2.12. The summed E-state index contributed by atoms with van der Waals surface area (Å²) >= 11 is 1.43. The maximum Gasteiger partial charge on any atom is 0.185 e. The summed E-state index contributed by atoms with van der Waals surface area (Å²) in [6.07, 6.45) is 3.73. The number of halogens is 2. The molecule has 1 aliphatic heterocycles. The Morgan fingerprint density at radius 2 is 2.28 bits per heavy atom. The molecule has 0 bridgehead atoms. The molecule has 2 unspecified atom stereocenters. The van der Waals surface area contributed by atoms with Gasteiger partial charge in [0.15, 0.2) is 5.12 Å². The van der Waals surface area contributed by atoms with Crippen LogP contribution in [0.15, 0.2) is 24.5 Å². The predicted molar refractivity (Wildman–Crippen MR) is 81.0 cm³/mol. The van der Waals surface area contributed by atoms with E-state index < -0.39 is 0 Å². The lowest BCUT2D eigenvalue weighted by Gasteiger charge is -2.17. The average Bonchev–Trinajstić information content (AvgIpc) is 2.75. The molecule has 18 heavy (non-hydrogen) atoms. The molecule has 0 aromatic carbocycles. The molecule has 1 fully saturated rings. The third-order valence-electron chi connectivity index (χ3n) is 2.95. The lowest BCUT2D eigenvalue weighted by atomic mass is 9.91. The van der Waals surface area contributed by atoms with E-state index in [1.54, 1.807) is 13.1 Å². The first-order chi connectivity index (χ1) is 7.77. The maximum atomic E-state index is 11.0. The number of thioether (sulfide) groups is 1. The number of hydrogen-bond donors (Lipinski definition) is 1. The van der Waals surface area contributed by atoms with Crippen molar-refractivity contribution in [3.05, 3.63) is 30.1 Å². The minimum Gasteiger partial charge on any atom is -0.316 e. The number of rotatable bonds is 3. The molecular weight excluding hydrogens is 291 g/mol. The van der Waals surface area contributed by atoms with Crippen LogP contribution in [0.4, 0.5) is 0 Å². The molecule has 0 spiro atoms. The summed E-state index contributed by atoms with van der Waals surface area (Å²) in [6.45, 7) is 3.63. The molecule has 1 N–H and O–H groups in total. The highest BCUT2D eigenvalue weighted by Gasteiger charge is 2.28. The number of carbonyl (C=O) groups excluding carboxylic acids is 1. The van der Waals surface area contributed by atoms with Gasteiger partial charge in [-0.3, -0.25) is 9.78 Å². The summed E-state index contributed by atoms with van der Waals surface area (Å²) in [6, 6.07) is 4.10. The minimum atomic E-state index is 0. The van der Waals surface area contributed by atoms with Gasteiger partial charge < -0.3 is 5.32 Å². The molecule has 1 aromatic heterocycles. The zero-order valence-electron chi connectivity index (χ0n) is 10.2. The molecule has 0 aliphatic carbocycles. The van der Waals surface area contributed by atoms with Gasteiger partial charge in [-0.25, -0.2) is 0 Å². The van der Waals surface area contributed by atoms with Crippen molar-refractivity contribution in [3.63, 3.8) is 0 Å². The number of pyridine rings is 1. The number of carbonyl (C=O) groups is 1. The zero-order chi connectivity index (χ0) is 11.4. The molecule has 2 heterocycles. The van der Waals surface area contributed by atoms with E-state index in [1.807, 2.05) is 12.3 Å². The first kappa shape index (κ1) is 17.7. The number of nitrogens with zero attached hydrogens (tertiary/aromatic N) is 1. The fraction of sp³-hybridized carbons (Fsp3) is 0.500. The van der Waals surface area contributed by atoms with Crippen LogP contribution in [0.2, 0.25) is 0 Å². The van der Waals surface area contributed by atoms with E-state index in [9.17, 15) is 4.79 Å². The normalized spacial score (nSPS) is 21.8. The fourth-order valence-corrected chi connectivity index (χ4v) is 2.92. The predicted octanol–water partition coefficient (Wildman–Crippen LogP) is 2.51. The van der Waals surface area contributed by atoms with E-state index in [2.05, 4.69) is 16.4 Å². The topological polar surface area (TPSA) is 42.0 Å². The van der Waals surface area contributed by atoms with Crippen molar-refractivity contribution in [2.75, 3.05) is 18.8 Å². The van der Waals surface area contributed by atoms with Crippen molar-refractivity contribution >= 4 is 41.7 Å². The van der Waals surface area contributed by atoms with Gasteiger partial charge in [0.25, 0.3) is 0 Å². The van der Waals surface area contributed by atoms with Crippen molar-refractivity contribution in [1.29, 1.82) is 0 Å². The molecule has 1 saturated heterocycles. The molecule has 102 valence electrons. The first-order valence-corrected chi connectivity index (χ1v) is 6.50. The molecule has 3 nitrogen and oxygen atoms in total. The molecule has 6 heteroatoms. The van der Waals surface area contributed by atoms with Gasteiger partial charge in [0.1, 0.15) is 0 Å². The van der Waals surface area contributed by atoms with Gasteiger partial charge in [0.05, 0.1) is 0 Å². The molecule has 0 radical (unpaired) electrons. The quantitative estimate of drug-likeness (QED) is 0.931. The highest BCUT2D eigenvalue weighted by molar-refractivity contribution is 8.13. The van der Waals surface area contributed by atoms with Crippen molar-refractivity contribution in [3.8, 4) is 0 Å². The summed E-state index contributed by atoms with van der Waals surface area (Å²) in [5.74, 6) is 1.95. The molecule has 0 amide bonds. The highest BCUT2D eigenvalue weighted by Crippen LogP contribution is 2.30. The van der Waals surface area contributed by atoms with Crippen LogP contribution < -0.4 is 5.32 Å². The monoisotopic (exact) mass is 308 g/mol. The second kappa shape index (κ2) is 8.75. The maximum absolute atomic E-state index is 11.0. The Balaban J connectivity index is 0.00000144. The summed E-state index contributed by atoms with van der Waals surface area (Å²) in [4.78, 5) is 15.1. The van der Waals surface area contributed by atoms with Gasteiger partial charge in [-0.2, -0.15) is 0 Å². The summed E-state index contributed by atoms with van der Waals surface area (Å²) in [7, 11) is 0. The summed E-state index contributed by atoms with van der Waals surface area (Å²) in [5.41, 5.74) is 1.28. The minimum absolute atomic E-state index is 0. The van der Waals surface area contributed by atoms with E-state index in [0.717, 1.165) is 18.8 Å². The molecule has 1 aliphatic rings. The van der Waals surface area contributed by atoms with Crippen LogP contribution in [-0.4, -0.2) is 28.9 Å². The van der Waals surface area contributed by atoms with Crippen LogP contribution in [-0.2, 0) is 4.79 Å². The lowest BCUT2D eigenvalue weighted by Crippen LogP contribution is -2.14. The molecule has 0 saturated carbocycles. The van der Waals surface area contributed by atoms with E-state index in [-0.39, 0.29) is 29.9 Å². The van der Waals surface area contributed by atoms with E-state index >= 15 is 0 Å². The number of aromatic nitrogens is 1. The molecule has 2 atom stereocenters. The Bertz CT molecular complexity index is 364. The second-order valence-corrected chi connectivity index (χ2v) is 5.31. The van der Waals surface area contributed by atoms with Crippen molar-refractivity contribution in [2.45, 2.75) is 12.8 Å². The van der Waals surface area contributed by atoms with E-state index in [0.29, 0.717) is 11.8 Å². The third kappa shape index (κ3) is 4.76. The van der Waals surface area contributed by atoms with Crippen LogP contribution >= 0.6 is 36.6 Å². The van der Waals surface area contributed by atoms with Crippen LogP contribution in [0, 0.1) is 5.92 Å². The Morgan fingerprint density at radius 1 is 1.50 bits per heavy atom. The van der Waals surface area contributed by atoms with E-state index in [4.69, 9.17) is 0 Å². The molecule has 2 rings (SSSR count). The van der Waals surface area contributed by atoms with Gasteiger partial charge >= 0.3 is 0 Å². The van der Waals surface area contributed by atoms with Crippen LogP contribution in [0.3, 0.4) is 0 Å². The van der Waals surface area contributed by atoms with Gasteiger partial charge in [-0.1, -0.05) is 17.8 Å². The van der Waals surface area contributed by atoms with Crippen LogP contribution in [0.5, 0.6) is 0 Å². The van der Waals surface area contributed by atoms with Crippen LogP contribution in [0.25, 0.3) is 0 Å². The Hall–Kier alpha value is -0.290. The number of nitrogens with one attached hydrogen (secondary N) is 1. The van der Waals surface area contributed by atoms with Gasteiger partial charge in [0.2, 0.25) is 0 Å². The SMILES string of the molecule is CC(=O)SCC1CNCC1c1cccnc1.Cl.Cl. The lowest BCUT2D eigenvalue weighted by molar-refractivity contribution is -0.109. The summed E-state index contributed by atoms with van der Waals surface area (Å²) in [5, 5.41) is 3.60. The second-order valence-electron chi connectivity index (χ2n) is 4.11. The zero-order valence-corrected chi connectivity index (χ0v) is 12.6. The third-order valence-corrected chi connectivity index (χ3v) is 3.95. The smallest absolute Gasteiger partial charge is 0.185 e. The van der Waals surface area contributed by atoms with Gasteiger partial charge in [-0.15, -0.1) is 24.8 Å². The largest absolute Gasteiger partial charge is 0.316 e. The highest BCUT2D eigenvalue weighted by atomic mass is 35.5. The Kier molecular flexibility index (Phi) is 8.61. The Labute approximate surface area is 124 Å². The van der Waals surface area contributed by atoms with Gasteiger partial charge in [0, 0.05) is 37.5 Å². The molecular formula is C12H18Cl2N2OS. The Morgan fingerprint density at radius 3 is 2.89 bits per heavy atom. The van der Waals surface area contributed by atoms with Crippen molar-refractivity contribution in [1.82, 2.24) is 10.3 Å². The van der Waals surface area contributed by atoms with Crippen molar-refractivity contribution < 1.29 is 4.79 Å².